The number of halogens is 1. The van der Waals surface area contributed by atoms with Gasteiger partial charge in [-0.3, -0.25) is 0 Å². The predicted molar refractivity (Wildman–Crippen MR) is 81.0 cm³/mol. The second-order valence-corrected chi connectivity index (χ2v) is 6.65. The first-order valence-electron chi connectivity index (χ1n) is 6.67. The maximum absolute atomic E-state index is 12.0. The van der Waals surface area contributed by atoms with Crippen molar-refractivity contribution in [3.8, 4) is 5.88 Å². The molecule has 2 rings (SSSR count). The molecular formula is C13H19BrN4O3. The van der Waals surface area contributed by atoms with Crippen molar-refractivity contribution >= 4 is 27.8 Å². The molecule has 0 bridgehead atoms. The molecule has 1 aliphatic rings. The van der Waals surface area contributed by atoms with E-state index in [0.29, 0.717) is 24.1 Å². The number of carbonyl (C=O) groups excluding carboxylic acids is 1. The van der Waals surface area contributed by atoms with Crippen molar-refractivity contribution in [3.05, 3.63) is 10.8 Å². The third-order valence-electron chi connectivity index (χ3n) is 2.81. The fraction of sp³-hybridized carbons (Fsp3) is 0.615. The van der Waals surface area contributed by atoms with Crippen molar-refractivity contribution in [2.45, 2.75) is 38.9 Å². The lowest BCUT2D eigenvalue weighted by Gasteiger charge is -2.24. The van der Waals surface area contributed by atoms with E-state index < -0.39 is 5.60 Å². The van der Waals surface area contributed by atoms with Crippen molar-refractivity contribution in [1.82, 2.24) is 14.9 Å². The SMILES string of the molecule is CC(C)(C)OC(=O)N1CCC(Oc2nc(Br)cnc2N)C1. The molecule has 116 valence electrons. The Morgan fingerprint density at radius 3 is 2.90 bits per heavy atom. The van der Waals surface area contributed by atoms with Gasteiger partial charge in [-0.25, -0.2) is 14.8 Å². The summed E-state index contributed by atoms with van der Waals surface area (Å²) < 4.78 is 11.6. The van der Waals surface area contributed by atoms with E-state index in [1.165, 1.54) is 6.20 Å². The van der Waals surface area contributed by atoms with Gasteiger partial charge in [0, 0.05) is 13.0 Å². The van der Waals surface area contributed by atoms with Crippen LogP contribution in [0, 0.1) is 0 Å². The molecule has 1 aliphatic heterocycles. The van der Waals surface area contributed by atoms with Gasteiger partial charge < -0.3 is 20.1 Å². The Bertz CT molecular complexity index is 533. The average molecular weight is 359 g/mol. The summed E-state index contributed by atoms with van der Waals surface area (Å²) in [5, 5.41) is 0. The lowest BCUT2D eigenvalue weighted by atomic mass is 10.2. The Morgan fingerprint density at radius 1 is 1.52 bits per heavy atom. The highest BCUT2D eigenvalue weighted by Gasteiger charge is 2.31. The van der Waals surface area contributed by atoms with E-state index in [9.17, 15) is 4.79 Å². The van der Waals surface area contributed by atoms with Gasteiger partial charge >= 0.3 is 6.09 Å². The molecule has 1 amide bonds. The summed E-state index contributed by atoms with van der Waals surface area (Å²) in [6.45, 7) is 6.55. The Hall–Kier alpha value is -1.57. The summed E-state index contributed by atoms with van der Waals surface area (Å²) in [6, 6.07) is 0. The van der Waals surface area contributed by atoms with Gasteiger partial charge in [-0.15, -0.1) is 0 Å². The van der Waals surface area contributed by atoms with Gasteiger partial charge in [0.2, 0.25) is 0 Å². The van der Waals surface area contributed by atoms with Crippen molar-refractivity contribution in [1.29, 1.82) is 0 Å². The van der Waals surface area contributed by atoms with Crippen LogP contribution in [0.25, 0.3) is 0 Å². The van der Waals surface area contributed by atoms with E-state index in [-0.39, 0.29) is 23.9 Å². The molecule has 8 heteroatoms. The number of ether oxygens (including phenoxy) is 2. The van der Waals surface area contributed by atoms with Crippen LogP contribution < -0.4 is 10.5 Å². The van der Waals surface area contributed by atoms with E-state index >= 15 is 0 Å². The summed E-state index contributed by atoms with van der Waals surface area (Å²) >= 11 is 3.22. The average Bonchev–Trinajstić information content (AvgIpc) is 2.80. The van der Waals surface area contributed by atoms with Crippen LogP contribution in [0.1, 0.15) is 27.2 Å². The highest BCUT2D eigenvalue weighted by Crippen LogP contribution is 2.23. The molecule has 1 aromatic rings. The van der Waals surface area contributed by atoms with Crippen LogP contribution in [0.2, 0.25) is 0 Å². The van der Waals surface area contributed by atoms with Crippen LogP contribution in [-0.2, 0) is 4.74 Å². The fourth-order valence-corrected chi connectivity index (χ4v) is 2.19. The zero-order valence-corrected chi connectivity index (χ0v) is 13.9. The Kier molecular flexibility index (Phi) is 4.55. The highest BCUT2D eigenvalue weighted by molar-refractivity contribution is 9.10. The predicted octanol–water partition coefficient (Wildman–Crippen LogP) is 2.21. The van der Waals surface area contributed by atoms with Gasteiger partial charge in [-0.05, 0) is 36.7 Å². The molecular weight excluding hydrogens is 340 g/mol. The first-order valence-corrected chi connectivity index (χ1v) is 7.46. The minimum atomic E-state index is -0.504. The highest BCUT2D eigenvalue weighted by atomic mass is 79.9. The molecule has 2 heterocycles. The maximum atomic E-state index is 12.0. The van der Waals surface area contributed by atoms with Gasteiger partial charge in [0.25, 0.3) is 5.88 Å². The molecule has 0 saturated carbocycles. The van der Waals surface area contributed by atoms with Crippen LogP contribution in [0.3, 0.4) is 0 Å². The van der Waals surface area contributed by atoms with Crippen LogP contribution in [-0.4, -0.2) is 45.8 Å². The largest absolute Gasteiger partial charge is 0.470 e. The number of nitrogens with zero attached hydrogens (tertiary/aromatic N) is 3. The number of rotatable bonds is 2. The number of amides is 1. The number of carbonyl (C=O) groups is 1. The summed E-state index contributed by atoms with van der Waals surface area (Å²) in [6.07, 6.45) is 1.71. The number of nitrogen functional groups attached to an aromatic ring is 1. The standard InChI is InChI=1S/C13H19BrN4O3/c1-13(2,3)21-12(19)18-5-4-8(7-18)20-11-10(15)16-6-9(14)17-11/h6,8H,4-5,7H2,1-3H3,(H2,15,16). The Morgan fingerprint density at radius 2 is 2.24 bits per heavy atom. The van der Waals surface area contributed by atoms with Gasteiger partial charge in [-0.2, -0.15) is 0 Å². The summed E-state index contributed by atoms with van der Waals surface area (Å²) in [7, 11) is 0. The minimum absolute atomic E-state index is 0.164. The normalized spacial score (nSPS) is 18.7. The molecule has 1 unspecified atom stereocenters. The lowest BCUT2D eigenvalue weighted by Crippen LogP contribution is -2.36. The van der Waals surface area contributed by atoms with E-state index in [4.69, 9.17) is 15.2 Å². The van der Waals surface area contributed by atoms with Crippen LogP contribution in [0.5, 0.6) is 5.88 Å². The Labute approximate surface area is 132 Å². The molecule has 1 fully saturated rings. The molecule has 0 radical (unpaired) electrons. The zero-order chi connectivity index (χ0) is 15.6. The number of hydrogen-bond donors (Lipinski definition) is 1. The smallest absolute Gasteiger partial charge is 0.410 e. The second kappa shape index (κ2) is 6.05. The topological polar surface area (TPSA) is 90.6 Å². The maximum Gasteiger partial charge on any atom is 0.410 e. The number of nitrogens with two attached hydrogens (primary N) is 1. The zero-order valence-electron chi connectivity index (χ0n) is 12.3. The molecule has 0 spiro atoms. The molecule has 7 nitrogen and oxygen atoms in total. The monoisotopic (exact) mass is 358 g/mol. The van der Waals surface area contributed by atoms with Gasteiger partial charge in [-0.1, -0.05) is 0 Å². The van der Waals surface area contributed by atoms with Gasteiger partial charge in [0.1, 0.15) is 16.3 Å². The molecule has 1 aromatic heterocycles. The van der Waals surface area contributed by atoms with Crippen LogP contribution in [0.15, 0.2) is 10.8 Å². The molecule has 0 aliphatic carbocycles. The second-order valence-electron chi connectivity index (χ2n) is 5.84. The van der Waals surface area contributed by atoms with E-state index in [1.807, 2.05) is 20.8 Å². The van der Waals surface area contributed by atoms with Crippen LogP contribution >= 0.6 is 15.9 Å². The first kappa shape index (κ1) is 15.8. The van der Waals surface area contributed by atoms with Gasteiger partial charge in [0.05, 0.1) is 12.7 Å². The fourth-order valence-electron chi connectivity index (χ4n) is 1.92. The minimum Gasteiger partial charge on any atom is -0.470 e. The number of aromatic nitrogens is 2. The van der Waals surface area contributed by atoms with Crippen molar-refractivity contribution in [2.24, 2.45) is 0 Å². The molecule has 0 aromatic carbocycles. The number of hydrogen-bond acceptors (Lipinski definition) is 6. The van der Waals surface area contributed by atoms with E-state index in [0.717, 1.165) is 0 Å². The van der Waals surface area contributed by atoms with Gasteiger partial charge in [0.15, 0.2) is 5.82 Å². The summed E-state index contributed by atoms with van der Waals surface area (Å²) in [4.78, 5) is 21.7. The molecule has 2 N–H and O–H groups in total. The molecule has 21 heavy (non-hydrogen) atoms. The summed E-state index contributed by atoms with van der Waals surface area (Å²) in [5.74, 6) is 0.509. The van der Waals surface area contributed by atoms with Crippen molar-refractivity contribution in [3.63, 3.8) is 0 Å². The lowest BCUT2D eigenvalue weighted by molar-refractivity contribution is 0.0275. The molecule has 1 atom stereocenters. The van der Waals surface area contributed by atoms with E-state index in [2.05, 4.69) is 25.9 Å². The quantitative estimate of drug-likeness (QED) is 0.871. The number of likely N-dealkylation sites (tertiary alicyclic amines) is 1. The Balaban J connectivity index is 1.93. The summed E-state index contributed by atoms with van der Waals surface area (Å²) in [5.41, 5.74) is 5.22. The van der Waals surface area contributed by atoms with Crippen molar-refractivity contribution in [2.75, 3.05) is 18.8 Å². The first-order chi connectivity index (χ1) is 9.74. The third-order valence-corrected chi connectivity index (χ3v) is 3.19. The van der Waals surface area contributed by atoms with E-state index in [1.54, 1.807) is 4.90 Å². The van der Waals surface area contributed by atoms with Crippen molar-refractivity contribution < 1.29 is 14.3 Å². The number of anilines is 1. The third kappa shape index (κ3) is 4.45. The molecule has 1 saturated heterocycles. The van der Waals surface area contributed by atoms with Crippen LogP contribution in [0.4, 0.5) is 10.6 Å².